The first kappa shape index (κ1) is 13.0. The highest BCUT2D eigenvalue weighted by molar-refractivity contribution is 5.57. The van der Waals surface area contributed by atoms with Crippen LogP contribution >= 0.6 is 0 Å². The summed E-state index contributed by atoms with van der Waals surface area (Å²) < 4.78 is 0. The van der Waals surface area contributed by atoms with Crippen molar-refractivity contribution < 1.29 is 0 Å². The second kappa shape index (κ2) is 5.16. The van der Waals surface area contributed by atoms with Crippen LogP contribution in [0.25, 0.3) is 0 Å². The molecule has 2 fully saturated rings. The van der Waals surface area contributed by atoms with E-state index in [1.165, 1.54) is 55.7 Å². The molecule has 3 rings (SSSR count). The van der Waals surface area contributed by atoms with E-state index in [0.717, 1.165) is 6.04 Å². The van der Waals surface area contributed by atoms with Gasteiger partial charge in [0.05, 0.1) is 0 Å². The first-order valence-corrected chi connectivity index (χ1v) is 7.73. The molecule has 2 unspecified atom stereocenters. The van der Waals surface area contributed by atoms with Crippen molar-refractivity contribution in [3.8, 4) is 0 Å². The molecule has 0 aromatic heterocycles. The van der Waals surface area contributed by atoms with Crippen LogP contribution in [0.5, 0.6) is 0 Å². The molecule has 0 radical (unpaired) electrons. The Labute approximate surface area is 117 Å². The van der Waals surface area contributed by atoms with Crippen LogP contribution in [0.1, 0.15) is 37.3 Å². The highest BCUT2D eigenvalue weighted by Crippen LogP contribution is 2.30. The van der Waals surface area contributed by atoms with Gasteiger partial charge < -0.3 is 4.90 Å². The predicted molar refractivity (Wildman–Crippen MR) is 81.9 cm³/mol. The summed E-state index contributed by atoms with van der Waals surface area (Å²) in [4.78, 5) is 5.37. The lowest BCUT2D eigenvalue weighted by Crippen LogP contribution is -2.59. The minimum Gasteiger partial charge on any atom is -0.366 e. The number of fused-ring (bicyclic) bond motifs is 1. The van der Waals surface area contributed by atoms with Gasteiger partial charge in [0.15, 0.2) is 0 Å². The topological polar surface area (TPSA) is 6.48 Å². The highest BCUT2D eigenvalue weighted by atomic mass is 15.3. The van der Waals surface area contributed by atoms with Gasteiger partial charge in [-0.05, 0) is 57.4 Å². The highest BCUT2D eigenvalue weighted by Gasteiger charge is 2.33. The van der Waals surface area contributed by atoms with E-state index in [0.29, 0.717) is 6.04 Å². The fraction of sp³-hybridized carbons (Fsp3) is 0.647. The smallest absolute Gasteiger partial charge is 0.0401 e. The fourth-order valence-electron chi connectivity index (χ4n) is 3.73. The molecule has 2 saturated heterocycles. The van der Waals surface area contributed by atoms with E-state index in [4.69, 9.17) is 0 Å². The van der Waals surface area contributed by atoms with Crippen molar-refractivity contribution >= 4 is 5.69 Å². The van der Waals surface area contributed by atoms with Crippen molar-refractivity contribution in [3.63, 3.8) is 0 Å². The number of aryl methyl sites for hydroxylation is 1. The van der Waals surface area contributed by atoms with E-state index in [2.05, 4.69) is 48.8 Å². The Hall–Kier alpha value is -1.02. The lowest BCUT2D eigenvalue weighted by molar-refractivity contribution is 0.115. The summed E-state index contributed by atoms with van der Waals surface area (Å²) in [5.41, 5.74) is 4.33. The average molecular weight is 258 g/mol. The van der Waals surface area contributed by atoms with Crippen LogP contribution in [0.2, 0.25) is 0 Å². The Balaban J connectivity index is 1.86. The Kier molecular flexibility index (Phi) is 3.53. The molecule has 0 spiro atoms. The summed E-state index contributed by atoms with van der Waals surface area (Å²) in [7, 11) is 0. The number of hydrogen-bond acceptors (Lipinski definition) is 2. The maximum atomic E-state index is 2.72. The van der Waals surface area contributed by atoms with Crippen LogP contribution in [0.3, 0.4) is 0 Å². The van der Waals surface area contributed by atoms with E-state index in [-0.39, 0.29) is 0 Å². The zero-order valence-electron chi connectivity index (χ0n) is 12.5. The third-order valence-corrected chi connectivity index (χ3v) is 5.07. The molecule has 0 N–H and O–H groups in total. The van der Waals surface area contributed by atoms with Gasteiger partial charge in [-0.15, -0.1) is 0 Å². The first-order valence-electron chi connectivity index (χ1n) is 7.73. The summed E-state index contributed by atoms with van der Waals surface area (Å²) in [6, 6.07) is 8.15. The molecule has 0 amide bonds. The fourth-order valence-corrected chi connectivity index (χ4v) is 3.73. The van der Waals surface area contributed by atoms with Crippen molar-refractivity contribution in [2.75, 3.05) is 24.5 Å². The van der Waals surface area contributed by atoms with E-state index in [9.17, 15) is 0 Å². The lowest BCUT2D eigenvalue weighted by Gasteiger charge is -2.49. The molecular weight excluding hydrogens is 232 g/mol. The number of hydrogen-bond donors (Lipinski definition) is 0. The van der Waals surface area contributed by atoms with Crippen LogP contribution < -0.4 is 4.90 Å². The van der Waals surface area contributed by atoms with Crippen LogP contribution in [0, 0.1) is 13.8 Å². The number of piperazine rings is 1. The molecule has 1 aromatic carbocycles. The van der Waals surface area contributed by atoms with Crippen molar-refractivity contribution in [1.82, 2.24) is 4.90 Å². The number of nitrogens with zero attached hydrogens (tertiary/aromatic N) is 2. The Bertz CT molecular complexity index is 455. The van der Waals surface area contributed by atoms with E-state index < -0.39 is 0 Å². The Morgan fingerprint density at radius 1 is 1.11 bits per heavy atom. The molecule has 2 heteroatoms. The molecule has 1 aromatic rings. The molecular formula is C17H26N2. The van der Waals surface area contributed by atoms with Gasteiger partial charge in [0, 0.05) is 30.9 Å². The summed E-state index contributed by atoms with van der Waals surface area (Å²) in [5, 5.41) is 0. The summed E-state index contributed by atoms with van der Waals surface area (Å²) >= 11 is 0. The molecule has 2 nitrogen and oxygen atoms in total. The van der Waals surface area contributed by atoms with Gasteiger partial charge in [-0.1, -0.05) is 18.6 Å². The maximum absolute atomic E-state index is 2.72. The molecule has 2 aliphatic heterocycles. The van der Waals surface area contributed by atoms with Crippen LogP contribution in [-0.2, 0) is 0 Å². The summed E-state index contributed by atoms with van der Waals surface area (Å²) in [6.45, 7) is 10.6. The second-order valence-electron chi connectivity index (χ2n) is 6.36. The van der Waals surface area contributed by atoms with Gasteiger partial charge in [-0.3, -0.25) is 4.90 Å². The first-order chi connectivity index (χ1) is 9.16. The van der Waals surface area contributed by atoms with Crippen molar-refractivity contribution in [2.24, 2.45) is 0 Å². The van der Waals surface area contributed by atoms with Gasteiger partial charge in [-0.25, -0.2) is 0 Å². The Morgan fingerprint density at radius 3 is 2.79 bits per heavy atom. The van der Waals surface area contributed by atoms with Crippen molar-refractivity contribution in [3.05, 3.63) is 29.3 Å². The summed E-state index contributed by atoms with van der Waals surface area (Å²) in [5.74, 6) is 0. The largest absolute Gasteiger partial charge is 0.366 e. The molecule has 0 bridgehead atoms. The molecule has 104 valence electrons. The van der Waals surface area contributed by atoms with Crippen LogP contribution in [0.4, 0.5) is 5.69 Å². The van der Waals surface area contributed by atoms with E-state index >= 15 is 0 Å². The molecule has 0 aliphatic carbocycles. The van der Waals surface area contributed by atoms with Gasteiger partial charge in [0.2, 0.25) is 0 Å². The van der Waals surface area contributed by atoms with Gasteiger partial charge in [-0.2, -0.15) is 0 Å². The standard InChI is InChI=1S/C17H26N2/c1-13-7-6-9-17(15(13)3)19-12-16-8-4-5-10-18(16)11-14(19)2/h6-7,9,14,16H,4-5,8,10-12H2,1-3H3. The number of rotatable bonds is 1. The Morgan fingerprint density at radius 2 is 1.95 bits per heavy atom. The van der Waals surface area contributed by atoms with Crippen molar-refractivity contribution in [1.29, 1.82) is 0 Å². The maximum Gasteiger partial charge on any atom is 0.0401 e. The normalized spacial score (nSPS) is 28.3. The van der Waals surface area contributed by atoms with Crippen LogP contribution in [-0.4, -0.2) is 36.6 Å². The van der Waals surface area contributed by atoms with E-state index in [1.807, 2.05) is 0 Å². The molecule has 19 heavy (non-hydrogen) atoms. The van der Waals surface area contributed by atoms with Gasteiger partial charge in [0.1, 0.15) is 0 Å². The van der Waals surface area contributed by atoms with Gasteiger partial charge >= 0.3 is 0 Å². The minimum absolute atomic E-state index is 0.634. The third kappa shape index (κ3) is 2.38. The monoisotopic (exact) mass is 258 g/mol. The molecule has 2 heterocycles. The SMILES string of the molecule is Cc1cccc(N2CC3CCCCN3CC2C)c1C. The predicted octanol–water partition coefficient (Wildman–Crippen LogP) is 3.37. The molecule has 2 atom stereocenters. The molecule has 0 saturated carbocycles. The zero-order valence-corrected chi connectivity index (χ0v) is 12.5. The van der Waals surface area contributed by atoms with Crippen molar-refractivity contribution in [2.45, 2.75) is 52.1 Å². The zero-order chi connectivity index (χ0) is 13.4. The van der Waals surface area contributed by atoms with Crippen LogP contribution in [0.15, 0.2) is 18.2 Å². The third-order valence-electron chi connectivity index (χ3n) is 5.07. The number of piperidine rings is 1. The molecule has 2 aliphatic rings. The number of benzene rings is 1. The minimum atomic E-state index is 0.634. The average Bonchev–Trinajstić information content (AvgIpc) is 2.41. The second-order valence-corrected chi connectivity index (χ2v) is 6.36. The van der Waals surface area contributed by atoms with Gasteiger partial charge in [0.25, 0.3) is 0 Å². The quantitative estimate of drug-likeness (QED) is 0.762. The van der Waals surface area contributed by atoms with E-state index in [1.54, 1.807) is 0 Å². The number of anilines is 1. The summed E-state index contributed by atoms with van der Waals surface area (Å²) in [6.07, 6.45) is 4.19. The lowest BCUT2D eigenvalue weighted by atomic mass is 9.95.